The number of ether oxygens (including phenoxy) is 3. The Bertz CT molecular complexity index is 705. The van der Waals surface area contributed by atoms with Crippen molar-refractivity contribution in [2.75, 3.05) is 60.8 Å². The van der Waals surface area contributed by atoms with Crippen LogP contribution in [0.1, 0.15) is 213 Å². The van der Waals surface area contributed by atoms with E-state index in [2.05, 4.69) is 78.4 Å². The highest BCUT2D eigenvalue weighted by molar-refractivity contribution is 4.83. The Morgan fingerprint density at radius 1 is 0.321 bits per heavy atom. The standard InChI is InChI=1S/C49H96NO3/c1-7-10-13-16-19-22-25-28-31-34-37-40-43-51-46-49(50(4,5)6,47-52-44-41-38-35-32-29-26-23-20-17-14-11-8-2)48-53-45-42-39-36-33-30-27-24-21-18-15-12-9-3/h16-21H,7-15,22-48H2,1-6H3/q+1/b19-16-,20-17-,21-18-. The number of nitrogens with zero attached hydrogens (tertiary/aromatic N) is 1. The molecule has 0 atom stereocenters. The van der Waals surface area contributed by atoms with Gasteiger partial charge in [0, 0.05) is 19.8 Å². The number of allylic oxidation sites excluding steroid dienone is 6. The first kappa shape index (κ1) is 52.1. The summed E-state index contributed by atoms with van der Waals surface area (Å²) in [6.07, 6.45) is 53.0. The summed E-state index contributed by atoms with van der Waals surface area (Å²) < 4.78 is 20.2. The minimum Gasteiger partial charge on any atom is -0.375 e. The van der Waals surface area contributed by atoms with Crippen LogP contribution in [-0.2, 0) is 14.2 Å². The van der Waals surface area contributed by atoms with Gasteiger partial charge in [-0.25, -0.2) is 0 Å². The van der Waals surface area contributed by atoms with Crippen LogP contribution in [0.4, 0.5) is 0 Å². The normalized spacial score (nSPS) is 12.8. The lowest BCUT2D eigenvalue weighted by atomic mass is 9.98. The van der Waals surface area contributed by atoms with Gasteiger partial charge in [-0.2, -0.15) is 0 Å². The van der Waals surface area contributed by atoms with E-state index in [0.717, 1.165) is 43.6 Å². The Kier molecular flexibility index (Phi) is 40.0. The molecule has 0 aliphatic heterocycles. The van der Waals surface area contributed by atoms with Crippen LogP contribution < -0.4 is 0 Å². The molecule has 0 radical (unpaired) electrons. The van der Waals surface area contributed by atoms with Crippen molar-refractivity contribution in [3.63, 3.8) is 0 Å². The number of hydrogen-bond acceptors (Lipinski definition) is 3. The van der Waals surface area contributed by atoms with Gasteiger partial charge in [-0.1, -0.05) is 173 Å². The molecule has 0 bridgehead atoms. The van der Waals surface area contributed by atoms with Crippen molar-refractivity contribution in [2.45, 2.75) is 219 Å². The Morgan fingerprint density at radius 2 is 0.547 bits per heavy atom. The molecule has 0 fully saturated rings. The first-order chi connectivity index (χ1) is 25.9. The quantitative estimate of drug-likeness (QED) is 0.0353. The summed E-state index contributed by atoms with van der Waals surface area (Å²) in [5.74, 6) is 0. The third-order valence-corrected chi connectivity index (χ3v) is 10.9. The van der Waals surface area contributed by atoms with E-state index in [4.69, 9.17) is 14.2 Å². The largest absolute Gasteiger partial charge is 0.375 e. The smallest absolute Gasteiger partial charge is 0.169 e. The summed E-state index contributed by atoms with van der Waals surface area (Å²) in [6.45, 7) is 11.4. The minimum absolute atomic E-state index is 0.195. The molecule has 0 saturated heterocycles. The molecular formula is C49H96NO3+. The molecule has 53 heavy (non-hydrogen) atoms. The van der Waals surface area contributed by atoms with E-state index in [9.17, 15) is 0 Å². The molecule has 0 N–H and O–H groups in total. The zero-order chi connectivity index (χ0) is 38.8. The molecule has 0 spiro atoms. The van der Waals surface area contributed by atoms with Gasteiger partial charge >= 0.3 is 0 Å². The molecule has 4 nitrogen and oxygen atoms in total. The van der Waals surface area contributed by atoms with Gasteiger partial charge in [0.05, 0.1) is 21.1 Å². The Labute approximate surface area is 333 Å². The van der Waals surface area contributed by atoms with Gasteiger partial charge in [-0.3, -0.25) is 0 Å². The Hall–Kier alpha value is -0.940. The molecular weight excluding hydrogens is 651 g/mol. The summed E-state index contributed by atoms with van der Waals surface area (Å²) in [5.41, 5.74) is -0.195. The SMILES string of the molecule is CCCC/C=C\CCCCCCCCOCC(COCCCCCCCC/C=C\CCCC)(COCCCCCCCC/C=C\CCCC)[N+](C)(C)C. The molecule has 0 aliphatic carbocycles. The van der Waals surface area contributed by atoms with E-state index in [0.29, 0.717) is 19.8 Å². The van der Waals surface area contributed by atoms with Crippen LogP contribution in [0.15, 0.2) is 36.5 Å². The lowest BCUT2D eigenvalue weighted by molar-refractivity contribution is -0.926. The molecule has 0 aromatic rings. The maximum absolute atomic E-state index is 6.46. The zero-order valence-corrected chi connectivity index (χ0v) is 37.1. The highest BCUT2D eigenvalue weighted by Gasteiger charge is 2.44. The number of rotatable bonds is 43. The average molecular weight is 747 g/mol. The number of hydrogen-bond donors (Lipinski definition) is 0. The summed E-state index contributed by atoms with van der Waals surface area (Å²) in [7, 11) is 6.90. The molecule has 0 saturated carbocycles. The first-order valence-corrected chi connectivity index (χ1v) is 23.4. The van der Waals surface area contributed by atoms with Crippen molar-refractivity contribution >= 4 is 0 Å². The minimum atomic E-state index is -0.195. The topological polar surface area (TPSA) is 27.7 Å². The van der Waals surface area contributed by atoms with Crippen LogP contribution in [0.5, 0.6) is 0 Å². The fourth-order valence-corrected chi connectivity index (χ4v) is 6.69. The van der Waals surface area contributed by atoms with Gasteiger partial charge in [0.2, 0.25) is 0 Å². The summed E-state index contributed by atoms with van der Waals surface area (Å²) in [6, 6.07) is 0. The van der Waals surface area contributed by atoms with E-state index in [1.165, 1.54) is 173 Å². The maximum Gasteiger partial charge on any atom is 0.169 e. The third kappa shape index (κ3) is 35.2. The molecule has 0 heterocycles. The van der Waals surface area contributed by atoms with Gasteiger partial charge in [0.1, 0.15) is 19.8 Å². The van der Waals surface area contributed by atoms with Crippen LogP contribution in [0.3, 0.4) is 0 Å². The fraction of sp³-hybridized carbons (Fsp3) is 0.878. The molecule has 0 aromatic carbocycles. The highest BCUT2D eigenvalue weighted by atomic mass is 16.5. The van der Waals surface area contributed by atoms with Crippen LogP contribution in [-0.4, -0.2) is 70.8 Å². The Morgan fingerprint density at radius 3 is 0.792 bits per heavy atom. The predicted molar refractivity (Wildman–Crippen MR) is 236 cm³/mol. The second-order valence-electron chi connectivity index (χ2n) is 17.0. The van der Waals surface area contributed by atoms with Gasteiger partial charge in [0.25, 0.3) is 0 Å². The third-order valence-electron chi connectivity index (χ3n) is 10.9. The van der Waals surface area contributed by atoms with Crippen LogP contribution in [0.25, 0.3) is 0 Å². The monoisotopic (exact) mass is 747 g/mol. The molecule has 0 aliphatic rings. The molecule has 314 valence electrons. The second-order valence-corrected chi connectivity index (χ2v) is 17.0. The van der Waals surface area contributed by atoms with Crippen molar-refractivity contribution in [2.24, 2.45) is 0 Å². The lowest BCUT2D eigenvalue weighted by Crippen LogP contribution is -2.65. The predicted octanol–water partition coefficient (Wildman–Crippen LogP) is 14.9. The lowest BCUT2D eigenvalue weighted by Gasteiger charge is -2.45. The summed E-state index contributed by atoms with van der Waals surface area (Å²) in [4.78, 5) is 0. The molecule has 0 amide bonds. The summed E-state index contributed by atoms with van der Waals surface area (Å²) >= 11 is 0. The first-order valence-electron chi connectivity index (χ1n) is 23.4. The van der Waals surface area contributed by atoms with E-state index in [-0.39, 0.29) is 5.54 Å². The van der Waals surface area contributed by atoms with E-state index >= 15 is 0 Å². The Balaban J connectivity index is 4.55. The maximum atomic E-state index is 6.46. The number of quaternary nitrogens is 1. The molecule has 4 heteroatoms. The summed E-state index contributed by atoms with van der Waals surface area (Å²) in [5, 5.41) is 0. The molecule has 0 unspecified atom stereocenters. The van der Waals surface area contributed by atoms with E-state index in [1.54, 1.807) is 0 Å². The van der Waals surface area contributed by atoms with Crippen LogP contribution >= 0.6 is 0 Å². The van der Waals surface area contributed by atoms with Crippen molar-refractivity contribution in [3.05, 3.63) is 36.5 Å². The van der Waals surface area contributed by atoms with Gasteiger partial charge in [-0.05, 0) is 77.0 Å². The molecule has 0 aromatic heterocycles. The van der Waals surface area contributed by atoms with Gasteiger partial charge < -0.3 is 18.7 Å². The van der Waals surface area contributed by atoms with Crippen LogP contribution in [0, 0.1) is 0 Å². The number of likely N-dealkylation sites (N-methyl/N-ethyl adjacent to an activating group) is 1. The van der Waals surface area contributed by atoms with Crippen molar-refractivity contribution < 1.29 is 18.7 Å². The van der Waals surface area contributed by atoms with E-state index < -0.39 is 0 Å². The van der Waals surface area contributed by atoms with E-state index in [1.807, 2.05) is 0 Å². The van der Waals surface area contributed by atoms with Gasteiger partial charge in [0.15, 0.2) is 5.54 Å². The average Bonchev–Trinajstić information content (AvgIpc) is 3.14. The highest BCUT2D eigenvalue weighted by Crippen LogP contribution is 2.23. The van der Waals surface area contributed by atoms with Crippen molar-refractivity contribution in [1.29, 1.82) is 0 Å². The van der Waals surface area contributed by atoms with Crippen LogP contribution in [0.2, 0.25) is 0 Å². The fourth-order valence-electron chi connectivity index (χ4n) is 6.69. The zero-order valence-electron chi connectivity index (χ0n) is 37.1. The van der Waals surface area contributed by atoms with Crippen molar-refractivity contribution in [1.82, 2.24) is 0 Å². The molecule has 0 rings (SSSR count). The number of unbranched alkanes of at least 4 members (excludes halogenated alkanes) is 24. The van der Waals surface area contributed by atoms with Gasteiger partial charge in [-0.15, -0.1) is 0 Å². The van der Waals surface area contributed by atoms with Crippen molar-refractivity contribution in [3.8, 4) is 0 Å². The second kappa shape index (κ2) is 40.7.